The van der Waals surface area contributed by atoms with Crippen molar-refractivity contribution in [3.8, 4) is 0 Å². The van der Waals surface area contributed by atoms with Crippen molar-refractivity contribution in [1.29, 1.82) is 0 Å². The number of hydrogen-bond acceptors (Lipinski definition) is 2. The Morgan fingerprint density at radius 2 is 0.757 bits per heavy atom. The molecule has 2 nitrogen and oxygen atoms in total. The van der Waals surface area contributed by atoms with E-state index in [1.807, 2.05) is 4.74 Å². The van der Waals surface area contributed by atoms with Gasteiger partial charge in [0.1, 0.15) is 0 Å². The summed E-state index contributed by atoms with van der Waals surface area (Å²) in [6.45, 7) is 2.04. The van der Waals surface area contributed by atoms with Gasteiger partial charge in [-0.3, -0.25) is 0 Å². The van der Waals surface area contributed by atoms with Gasteiger partial charge in [-0.15, -0.1) is 0 Å². The van der Waals surface area contributed by atoms with E-state index < -0.39 is 71.2 Å². The molecule has 0 spiro atoms. The quantitative estimate of drug-likeness (QED) is 0.171. The summed E-state index contributed by atoms with van der Waals surface area (Å²) in [7, 11) is 0. The summed E-state index contributed by atoms with van der Waals surface area (Å²) in [6.07, 6.45) is -34.5. The van der Waals surface area contributed by atoms with Crippen LogP contribution in [0.5, 0.6) is 0 Å². The first-order valence-electron chi connectivity index (χ1n) is 7.93. The Morgan fingerprint density at radius 3 is 0.973 bits per heavy atom. The first-order valence-corrected chi connectivity index (χ1v) is 7.93. The zero-order valence-electron chi connectivity index (χ0n) is 16.5. The molecule has 0 bridgehead atoms. The molecule has 37 heavy (non-hydrogen) atoms. The molecule has 0 heterocycles. The summed E-state index contributed by atoms with van der Waals surface area (Å²) in [6, 6.07) is 0. The number of rotatable bonds is 7. The Hall–Kier alpha value is -2.26. The van der Waals surface area contributed by atoms with E-state index in [2.05, 4.69) is 6.58 Å². The molecule has 0 fully saturated rings. The van der Waals surface area contributed by atoms with Crippen LogP contribution >= 0.6 is 0 Å². The van der Waals surface area contributed by atoms with Crippen molar-refractivity contribution in [3.63, 3.8) is 0 Å². The molecule has 0 N–H and O–H groups in total. The highest BCUT2D eigenvalue weighted by Crippen LogP contribution is 2.72. The molecule has 23 heteroatoms. The summed E-state index contributed by atoms with van der Waals surface area (Å²) < 4.78 is 281. The van der Waals surface area contributed by atoms with Crippen molar-refractivity contribution in [2.75, 3.05) is 0 Å². The van der Waals surface area contributed by atoms with Crippen LogP contribution in [-0.4, -0.2) is 60.2 Å². The Morgan fingerprint density at radius 1 is 0.486 bits per heavy atom. The van der Waals surface area contributed by atoms with Crippen molar-refractivity contribution in [3.05, 3.63) is 12.2 Å². The van der Waals surface area contributed by atoms with Crippen LogP contribution in [0.3, 0.4) is 0 Å². The summed E-state index contributed by atoms with van der Waals surface area (Å²) in [4.78, 5) is 11.2. The lowest BCUT2D eigenvalue weighted by Crippen LogP contribution is -2.81. The van der Waals surface area contributed by atoms with Crippen molar-refractivity contribution in [2.24, 2.45) is 5.41 Å². The molecule has 1 unspecified atom stereocenters. The maximum Gasteiger partial charge on any atom is 0.460 e. The number of halogens is 21. The van der Waals surface area contributed by atoms with Crippen LogP contribution in [0.2, 0.25) is 0 Å². The molecule has 0 amide bonds. The summed E-state index contributed by atoms with van der Waals surface area (Å²) in [5.41, 5.74) is -11.2. The molecule has 0 aromatic rings. The van der Waals surface area contributed by atoms with E-state index in [0.29, 0.717) is 0 Å². The van der Waals surface area contributed by atoms with Gasteiger partial charge >= 0.3 is 65.6 Å². The predicted molar refractivity (Wildman–Crippen MR) is 71.2 cm³/mol. The number of hydrogen-bond donors (Lipinski definition) is 0. The molecular weight excluding hydrogens is 599 g/mol. The molecule has 0 aromatic heterocycles. The molecule has 0 aliphatic heterocycles. The highest BCUT2D eigenvalue weighted by atomic mass is 19.4. The number of carbonyl (C=O) groups excluding carboxylic acids is 1. The van der Waals surface area contributed by atoms with Crippen LogP contribution in [0.15, 0.2) is 12.2 Å². The SMILES string of the molecule is C=C(C)C(=O)OC(F)(C(F)(F)C(F)(F)C(F)(F)C(F)(F)C(F)(F)F)C(C(F)(F)F)(C(F)(F)F)C(F)(F)F. The van der Waals surface area contributed by atoms with E-state index >= 15 is 0 Å². The highest BCUT2D eigenvalue weighted by Gasteiger charge is 3.03. The molecule has 0 aliphatic rings. The highest BCUT2D eigenvalue weighted by molar-refractivity contribution is 5.87. The van der Waals surface area contributed by atoms with Crippen LogP contribution in [0.1, 0.15) is 6.92 Å². The standard InChI is InChI=1S/C14H5F21O2/c1-3(2)4(36)37-10(23,5(11(24,25)26,12(27,28)29)13(30,31)32)8(19,20)6(15,16)7(17,18)9(21,22)14(33,34)35/h1H2,2H3. The van der Waals surface area contributed by atoms with Crippen LogP contribution < -0.4 is 0 Å². The molecule has 220 valence electrons. The van der Waals surface area contributed by atoms with Gasteiger partial charge in [-0.2, -0.15) is 92.2 Å². The van der Waals surface area contributed by atoms with E-state index in [-0.39, 0.29) is 6.92 Å². The van der Waals surface area contributed by atoms with Gasteiger partial charge < -0.3 is 4.74 Å². The van der Waals surface area contributed by atoms with Crippen molar-refractivity contribution >= 4 is 5.97 Å². The third-order valence-electron chi connectivity index (χ3n) is 4.28. The van der Waals surface area contributed by atoms with Crippen LogP contribution in [-0.2, 0) is 9.53 Å². The molecule has 0 rings (SSSR count). The molecule has 0 saturated carbocycles. The Bertz CT molecular complexity index is 849. The van der Waals surface area contributed by atoms with Crippen molar-refractivity contribution in [1.82, 2.24) is 0 Å². The van der Waals surface area contributed by atoms with Crippen molar-refractivity contribution in [2.45, 2.75) is 61.2 Å². The monoisotopic (exact) mass is 604 g/mol. The third-order valence-corrected chi connectivity index (χ3v) is 4.28. The normalized spacial score (nSPS) is 17.4. The summed E-state index contributed by atoms with van der Waals surface area (Å²) >= 11 is 0. The second-order valence-corrected chi connectivity index (χ2v) is 6.80. The fraction of sp³-hybridized carbons (Fsp3) is 0.786. The fourth-order valence-electron chi connectivity index (χ4n) is 2.39. The minimum atomic E-state index is -9.34. The van der Waals surface area contributed by atoms with E-state index in [1.54, 1.807) is 0 Å². The smallest absolute Gasteiger partial charge is 0.417 e. The zero-order valence-corrected chi connectivity index (χ0v) is 16.5. The number of alkyl halides is 21. The summed E-state index contributed by atoms with van der Waals surface area (Å²) in [5, 5.41) is 0. The largest absolute Gasteiger partial charge is 0.460 e. The van der Waals surface area contributed by atoms with Crippen LogP contribution in [0.25, 0.3) is 0 Å². The maximum absolute atomic E-state index is 15.0. The topological polar surface area (TPSA) is 26.3 Å². The van der Waals surface area contributed by atoms with Gasteiger partial charge in [-0.05, 0) is 6.92 Å². The Labute approximate surface area is 188 Å². The Kier molecular flexibility index (Phi) is 8.10. The van der Waals surface area contributed by atoms with Gasteiger partial charge in [0.05, 0.1) is 0 Å². The second-order valence-electron chi connectivity index (χ2n) is 6.80. The van der Waals surface area contributed by atoms with Crippen LogP contribution in [0, 0.1) is 5.41 Å². The van der Waals surface area contributed by atoms with Gasteiger partial charge in [-0.25, -0.2) is 4.79 Å². The predicted octanol–water partition coefficient (Wildman–Crippen LogP) is 7.55. The molecule has 0 aliphatic carbocycles. The number of carbonyl (C=O) groups is 1. The van der Waals surface area contributed by atoms with Gasteiger partial charge in [0, 0.05) is 5.57 Å². The molecular formula is C14H5F21O2. The van der Waals surface area contributed by atoms with Gasteiger partial charge in [0.15, 0.2) is 0 Å². The lowest BCUT2D eigenvalue weighted by molar-refractivity contribution is -0.530. The van der Waals surface area contributed by atoms with E-state index in [9.17, 15) is 97.0 Å². The van der Waals surface area contributed by atoms with Crippen LogP contribution in [0.4, 0.5) is 92.2 Å². The minimum Gasteiger partial charge on any atom is -0.417 e. The Balaban J connectivity index is 8.27. The average molecular weight is 604 g/mol. The third kappa shape index (κ3) is 4.42. The lowest BCUT2D eigenvalue weighted by atomic mass is 9.71. The molecule has 0 aromatic carbocycles. The van der Waals surface area contributed by atoms with E-state index in [0.717, 1.165) is 0 Å². The molecule has 0 saturated heterocycles. The second kappa shape index (κ2) is 8.63. The maximum atomic E-state index is 15.0. The molecule has 1 atom stereocenters. The fourth-order valence-corrected chi connectivity index (χ4v) is 2.39. The number of ether oxygens (including phenoxy) is 1. The van der Waals surface area contributed by atoms with E-state index in [1.165, 1.54) is 0 Å². The first-order chi connectivity index (χ1) is 15.6. The molecule has 0 radical (unpaired) electrons. The average Bonchev–Trinajstić information content (AvgIpc) is 2.55. The lowest BCUT2D eigenvalue weighted by Gasteiger charge is -2.50. The van der Waals surface area contributed by atoms with Gasteiger partial charge in [0.25, 0.3) is 0 Å². The summed E-state index contributed by atoms with van der Waals surface area (Å²) in [5.74, 6) is -48.9. The zero-order chi connectivity index (χ0) is 30.9. The van der Waals surface area contributed by atoms with Gasteiger partial charge in [-0.1, -0.05) is 6.58 Å². The first kappa shape index (κ1) is 34.7. The minimum absolute atomic E-state index is 0.0953. The van der Waals surface area contributed by atoms with Gasteiger partial charge in [0.2, 0.25) is 0 Å². The number of esters is 1. The van der Waals surface area contributed by atoms with Crippen molar-refractivity contribution < 1.29 is 102 Å². The van der Waals surface area contributed by atoms with E-state index in [4.69, 9.17) is 0 Å².